The van der Waals surface area contributed by atoms with Crippen molar-refractivity contribution in [3.05, 3.63) is 0 Å². The minimum Gasteiger partial charge on any atom is -0.480 e. The van der Waals surface area contributed by atoms with Gasteiger partial charge in [0.1, 0.15) is 18.1 Å². The molecule has 0 aromatic carbocycles. The molecule has 10 N–H and O–H groups in total. The molecule has 0 bridgehead atoms. The molecule has 4 amide bonds. The largest absolute Gasteiger partial charge is 0.480 e. The first kappa shape index (κ1) is 27.2. The molecule has 0 aromatic rings. The van der Waals surface area contributed by atoms with Gasteiger partial charge in [-0.2, -0.15) is 0 Å². The van der Waals surface area contributed by atoms with Crippen molar-refractivity contribution in [3.63, 3.8) is 0 Å². The van der Waals surface area contributed by atoms with Gasteiger partial charge in [-0.25, -0.2) is 4.79 Å². The third kappa shape index (κ3) is 10.7. The number of carboxylic acids is 1. The number of hydrogen-bond acceptors (Lipinski definition) is 8. The normalized spacial score (nSPS) is 14.6. The molecule has 0 saturated carbocycles. The SMILES string of the molecule is C[C@H](N)C(=O)N[C@@H](CCCCN)C(=O)N[C@@H](C)C(=O)NCC(=O)N[C@@H](CO)C(=O)O. The monoisotopic (exact) mass is 432 g/mol. The lowest BCUT2D eigenvalue weighted by molar-refractivity contribution is -0.142. The van der Waals surface area contributed by atoms with Gasteiger partial charge in [0.05, 0.1) is 19.2 Å². The summed E-state index contributed by atoms with van der Waals surface area (Å²) in [6.45, 7) is 1.92. The number of carbonyl (C=O) groups is 5. The van der Waals surface area contributed by atoms with Gasteiger partial charge in [0, 0.05) is 0 Å². The van der Waals surface area contributed by atoms with Crippen molar-refractivity contribution >= 4 is 29.6 Å². The average Bonchev–Trinajstić information content (AvgIpc) is 2.68. The number of nitrogens with one attached hydrogen (secondary N) is 4. The van der Waals surface area contributed by atoms with E-state index in [0.29, 0.717) is 25.8 Å². The smallest absolute Gasteiger partial charge is 0.328 e. The number of aliphatic hydroxyl groups excluding tert-OH is 1. The zero-order valence-corrected chi connectivity index (χ0v) is 17.1. The van der Waals surface area contributed by atoms with Crippen LogP contribution in [-0.2, 0) is 24.0 Å². The van der Waals surface area contributed by atoms with Crippen LogP contribution in [0.15, 0.2) is 0 Å². The molecule has 0 saturated heterocycles. The van der Waals surface area contributed by atoms with Gasteiger partial charge in [0.25, 0.3) is 0 Å². The minimum absolute atomic E-state index is 0.302. The van der Waals surface area contributed by atoms with Crippen molar-refractivity contribution in [1.82, 2.24) is 21.3 Å². The maximum absolute atomic E-state index is 12.5. The van der Waals surface area contributed by atoms with Crippen LogP contribution in [0.1, 0.15) is 33.1 Å². The predicted octanol–water partition coefficient (Wildman–Crippen LogP) is -3.87. The number of carbonyl (C=O) groups excluding carboxylic acids is 4. The van der Waals surface area contributed by atoms with E-state index in [4.69, 9.17) is 21.7 Å². The molecular formula is C17H32N6O7. The summed E-state index contributed by atoms with van der Waals surface area (Å²) in [4.78, 5) is 58.8. The van der Waals surface area contributed by atoms with Gasteiger partial charge in [0.15, 0.2) is 0 Å². The lowest BCUT2D eigenvalue weighted by atomic mass is 10.1. The first-order chi connectivity index (χ1) is 14.0. The fraction of sp³-hybridized carbons (Fsp3) is 0.706. The van der Waals surface area contributed by atoms with E-state index < -0.39 is 66.9 Å². The predicted molar refractivity (Wildman–Crippen MR) is 106 cm³/mol. The van der Waals surface area contributed by atoms with E-state index in [1.807, 2.05) is 5.32 Å². The lowest BCUT2D eigenvalue weighted by Gasteiger charge is -2.22. The third-order valence-electron chi connectivity index (χ3n) is 3.98. The van der Waals surface area contributed by atoms with Gasteiger partial charge in [-0.1, -0.05) is 0 Å². The number of hydrogen-bond donors (Lipinski definition) is 8. The Kier molecular flexibility index (Phi) is 12.9. The molecule has 0 aliphatic rings. The summed E-state index contributed by atoms with van der Waals surface area (Å²) in [5, 5.41) is 26.8. The van der Waals surface area contributed by atoms with Crippen molar-refractivity contribution in [2.75, 3.05) is 19.7 Å². The standard InChI is InChI=1S/C17H32N6O7/c1-9(19)14(26)23-11(5-3-4-6-18)16(28)21-10(2)15(27)20-7-13(25)22-12(8-24)17(29)30/h9-12,24H,3-8,18-19H2,1-2H3,(H,20,27)(H,21,28)(H,22,25)(H,23,26)(H,29,30)/t9-,10-,11-,12-/m0/s1. The van der Waals surface area contributed by atoms with E-state index in [2.05, 4.69) is 16.0 Å². The second kappa shape index (κ2) is 14.3. The van der Waals surface area contributed by atoms with Crippen LogP contribution in [0, 0.1) is 0 Å². The highest BCUT2D eigenvalue weighted by atomic mass is 16.4. The van der Waals surface area contributed by atoms with Gasteiger partial charge in [0.2, 0.25) is 23.6 Å². The van der Waals surface area contributed by atoms with Gasteiger partial charge in [-0.05, 0) is 39.7 Å². The highest BCUT2D eigenvalue weighted by Crippen LogP contribution is 2.02. The number of rotatable bonds is 14. The average molecular weight is 432 g/mol. The summed E-state index contributed by atoms with van der Waals surface area (Å²) < 4.78 is 0. The molecule has 0 fully saturated rings. The highest BCUT2D eigenvalue weighted by Gasteiger charge is 2.25. The molecule has 0 rings (SSSR count). The molecule has 172 valence electrons. The molecule has 0 radical (unpaired) electrons. The molecule has 13 nitrogen and oxygen atoms in total. The Balaban J connectivity index is 4.71. The van der Waals surface area contributed by atoms with E-state index in [0.717, 1.165) is 0 Å². The maximum Gasteiger partial charge on any atom is 0.328 e. The van der Waals surface area contributed by atoms with Crippen molar-refractivity contribution in [2.24, 2.45) is 11.5 Å². The second-order valence-corrected chi connectivity index (χ2v) is 6.72. The number of amides is 4. The first-order valence-corrected chi connectivity index (χ1v) is 9.50. The van der Waals surface area contributed by atoms with Crippen LogP contribution in [0.5, 0.6) is 0 Å². The summed E-state index contributed by atoms with van der Waals surface area (Å²) in [5.41, 5.74) is 10.9. The maximum atomic E-state index is 12.5. The topological polar surface area (TPSA) is 226 Å². The molecule has 0 aliphatic heterocycles. The Bertz CT molecular complexity index is 613. The van der Waals surface area contributed by atoms with E-state index in [1.54, 1.807) is 0 Å². The molecular weight excluding hydrogens is 400 g/mol. The summed E-state index contributed by atoms with van der Waals surface area (Å²) in [6.07, 6.45) is 1.52. The Hall–Kier alpha value is -2.77. The summed E-state index contributed by atoms with van der Waals surface area (Å²) in [6, 6.07) is -4.26. The summed E-state index contributed by atoms with van der Waals surface area (Å²) >= 11 is 0. The van der Waals surface area contributed by atoms with E-state index >= 15 is 0 Å². The van der Waals surface area contributed by atoms with Gasteiger partial charge >= 0.3 is 5.97 Å². The highest BCUT2D eigenvalue weighted by molar-refractivity contribution is 5.94. The number of aliphatic carboxylic acids is 1. The van der Waals surface area contributed by atoms with E-state index in [1.165, 1.54) is 13.8 Å². The van der Waals surface area contributed by atoms with Crippen molar-refractivity contribution in [2.45, 2.75) is 57.3 Å². The second-order valence-electron chi connectivity index (χ2n) is 6.72. The Morgan fingerprint density at radius 3 is 2.03 bits per heavy atom. The van der Waals surface area contributed by atoms with Crippen LogP contribution in [0.4, 0.5) is 0 Å². The minimum atomic E-state index is -1.49. The van der Waals surface area contributed by atoms with Crippen LogP contribution in [0.2, 0.25) is 0 Å². The lowest BCUT2D eigenvalue weighted by Crippen LogP contribution is -2.55. The van der Waals surface area contributed by atoms with Crippen LogP contribution < -0.4 is 32.7 Å². The Morgan fingerprint density at radius 1 is 0.900 bits per heavy atom. The first-order valence-electron chi connectivity index (χ1n) is 9.50. The zero-order valence-electron chi connectivity index (χ0n) is 17.1. The van der Waals surface area contributed by atoms with Crippen molar-refractivity contribution in [1.29, 1.82) is 0 Å². The number of aliphatic hydroxyl groups is 1. The van der Waals surface area contributed by atoms with Crippen molar-refractivity contribution in [3.8, 4) is 0 Å². The van der Waals surface area contributed by atoms with Gasteiger partial charge in [-0.15, -0.1) is 0 Å². The van der Waals surface area contributed by atoms with E-state index in [-0.39, 0.29) is 0 Å². The van der Waals surface area contributed by atoms with Crippen molar-refractivity contribution < 1.29 is 34.2 Å². The van der Waals surface area contributed by atoms with Crippen LogP contribution in [0.3, 0.4) is 0 Å². The number of carboxylic acid groups (broad SMARTS) is 1. The summed E-state index contributed by atoms with van der Waals surface area (Å²) in [7, 11) is 0. The third-order valence-corrected chi connectivity index (χ3v) is 3.98. The van der Waals surface area contributed by atoms with Crippen LogP contribution in [0.25, 0.3) is 0 Å². The fourth-order valence-electron chi connectivity index (χ4n) is 2.20. The quantitative estimate of drug-likeness (QED) is 0.125. The molecule has 0 heterocycles. The molecule has 13 heteroatoms. The molecule has 30 heavy (non-hydrogen) atoms. The van der Waals surface area contributed by atoms with Gasteiger partial charge in [-0.3, -0.25) is 19.2 Å². The van der Waals surface area contributed by atoms with Crippen LogP contribution >= 0.6 is 0 Å². The Morgan fingerprint density at radius 2 is 1.53 bits per heavy atom. The molecule has 0 aliphatic carbocycles. The molecule has 0 aromatic heterocycles. The van der Waals surface area contributed by atoms with Crippen LogP contribution in [-0.4, -0.2) is 83.7 Å². The molecule has 0 unspecified atom stereocenters. The molecule has 4 atom stereocenters. The van der Waals surface area contributed by atoms with E-state index in [9.17, 15) is 24.0 Å². The Labute approximate surface area is 174 Å². The summed E-state index contributed by atoms with van der Waals surface area (Å²) in [5.74, 6) is -4.07. The number of unbranched alkanes of at least 4 members (excludes halogenated alkanes) is 1. The number of nitrogens with two attached hydrogens (primary N) is 2. The zero-order chi connectivity index (χ0) is 23.3. The fourth-order valence-corrected chi connectivity index (χ4v) is 2.20. The molecule has 0 spiro atoms. The van der Waals surface area contributed by atoms with Gasteiger partial charge < -0.3 is 42.9 Å².